The van der Waals surface area contributed by atoms with Gasteiger partial charge in [-0.3, -0.25) is 10.1 Å². The molecule has 25 heavy (non-hydrogen) atoms. The minimum atomic E-state index is -1.18. The number of aromatic nitrogens is 1. The first kappa shape index (κ1) is 18.2. The normalized spacial score (nSPS) is 11.8. The van der Waals surface area contributed by atoms with Gasteiger partial charge in [-0.2, -0.15) is 0 Å². The number of nitrogens with zero attached hydrogens (tertiary/aromatic N) is 1. The summed E-state index contributed by atoms with van der Waals surface area (Å²) < 4.78 is 10.7. The minimum absolute atomic E-state index is 0.0311. The molecule has 0 saturated carbocycles. The maximum atomic E-state index is 12.4. The van der Waals surface area contributed by atoms with Gasteiger partial charge < -0.3 is 14.9 Å². The molecule has 1 heterocycles. The monoisotopic (exact) mass is 345 g/mol. The summed E-state index contributed by atoms with van der Waals surface area (Å²) in [5.41, 5.74) is 5.60. The van der Waals surface area contributed by atoms with Gasteiger partial charge >= 0.3 is 12.0 Å². The van der Waals surface area contributed by atoms with E-state index in [4.69, 9.17) is 14.9 Å². The van der Waals surface area contributed by atoms with Crippen molar-refractivity contribution in [2.75, 3.05) is 0 Å². The maximum Gasteiger partial charge on any atom is 0.361 e. The van der Waals surface area contributed by atoms with E-state index in [9.17, 15) is 14.4 Å². The first-order chi connectivity index (χ1) is 11.8. The smallest absolute Gasteiger partial charge is 0.361 e. The van der Waals surface area contributed by atoms with Crippen LogP contribution >= 0.6 is 0 Å². The van der Waals surface area contributed by atoms with E-state index < -0.39 is 24.0 Å². The highest BCUT2D eigenvalue weighted by atomic mass is 16.5. The number of carbonyl (C=O) groups excluding carboxylic acids is 3. The number of nitrogens with one attached hydrogen (secondary N) is 1. The molecule has 1 aromatic carbocycles. The number of hydrogen-bond acceptors (Lipinski definition) is 6. The largest absolute Gasteiger partial charge is 0.447 e. The number of primary amides is 1. The van der Waals surface area contributed by atoms with Crippen LogP contribution in [0.15, 0.2) is 34.7 Å². The molecule has 0 fully saturated rings. The first-order valence-electron chi connectivity index (χ1n) is 7.63. The van der Waals surface area contributed by atoms with Crippen LogP contribution in [0.2, 0.25) is 0 Å². The summed E-state index contributed by atoms with van der Waals surface area (Å²) in [5.74, 6) is -1.44. The Kier molecular flexibility index (Phi) is 5.53. The number of carbonyl (C=O) groups is 3. The molecule has 0 unspecified atom stereocenters. The van der Waals surface area contributed by atoms with Gasteiger partial charge in [-0.1, -0.05) is 32.0 Å². The fourth-order valence-corrected chi connectivity index (χ4v) is 2.15. The van der Waals surface area contributed by atoms with Crippen molar-refractivity contribution >= 4 is 17.9 Å². The van der Waals surface area contributed by atoms with E-state index >= 15 is 0 Å². The summed E-state index contributed by atoms with van der Waals surface area (Å²) in [6, 6.07) is 8.04. The Hall–Kier alpha value is -3.16. The Morgan fingerprint density at radius 3 is 2.40 bits per heavy atom. The van der Waals surface area contributed by atoms with Crippen LogP contribution in [0.3, 0.4) is 0 Å². The molecule has 0 bridgehead atoms. The van der Waals surface area contributed by atoms with Crippen LogP contribution in [0.4, 0.5) is 4.79 Å². The lowest BCUT2D eigenvalue weighted by atomic mass is 10.1. The minimum Gasteiger partial charge on any atom is -0.447 e. The average molecular weight is 345 g/mol. The number of nitrogens with two attached hydrogens (primary N) is 1. The topological polar surface area (TPSA) is 125 Å². The summed E-state index contributed by atoms with van der Waals surface area (Å²) in [5, 5.41) is 1.91. The van der Waals surface area contributed by atoms with Gasteiger partial charge in [0.2, 0.25) is 5.89 Å². The van der Waals surface area contributed by atoms with Crippen LogP contribution in [-0.2, 0) is 9.53 Å². The Balaban J connectivity index is 2.21. The number of rotatable bonds is 5. The van der Waals surface area contributed by atoms with E-state index in [-0.39, 0.29) is 23.3 Å². The third-order valence-electron chi connectivity index (χ3n) is 3.35. The average Bonchev–Trinajstić information content (AvgIpc) is 2.94. The van der Waals surface area contributed by atoms with Crippen molar-refractivity contribution in [1.82, 2.24) is 10.3 Å². The zero-order valence-electron chi connectivity index (χ0n) is 14.1. The van der Waals surface area contributed by atoms with Crippen molar-refractivity contribution in [2.45, 2.75) is 26.9 Å². The number of oxazole rings is 1. The van der Waals surface area contributed by atoms with Gasteiger partial charge in [0.15, 0.2) is 11.8 Å². The lowest BCUT2D eigenvalue weighted by Gasteiger charge is -2.19. The molecule has 132 valence electrons. The molecule has 2 rings (SSSR count). The number of benzene rings is 1. The van der Waals surface area contributed by atoms with Crippen LogP contribution < -0.4 is 11.1 Å². The van der Waals surface area contributed by atoms with Crippen molar-refractivity contribution < 1.29 is 23.5 Å². The molecule has 1 atom stereocenters. The molecule has 0 aliphatic carbocycles. The van der Waals surface area contributed by atoms with Gasteiger partial charge in [0.05, 0.1) is 0 Å². The van der Waals surface area contributed by atoms with Crippen molar-refractivity contribution in [2.24, 2.45) is 11.7 Å². The molecule has 0 saturated heterocycles. The number of amides is 3. The zero-order chi connectivity index (χ0) is 18.6. The Morgan fingerprint density at radius 2 is 1.84 bits per heavy atom. The van der Waals surface area contributed by atoms with Gasteiger partial charge in [0.25, 0.3) is 5.91 Å². The highest BCUT2D eigenvalue weighted by molar-refractivity contribution is 5.98. The Labute approximate surface area is 144 Å². The van der Waals surface area contributed by atoms with Gasteiger partial charge in [-0.15, -0.1) is 0 Å². The SMILES string of the molecule is Cc1oc(-c2ccccc2)nc1C(=O)O[C@H](C(=O)NC(N)=O)C(C)C. The van der Waals surface area contributed by atoms with Crippen molar-refractivity contribution in [1.29, 1.82) is 0 Å². The van der Waals surface area contributed by atoms with Crippen LogP contribution in [-0.4, -0.2) is 29.0 Å². The molecule has 0 spiro atoms. The number of imide groups is 1. The molecule has 8 heteroatoms. The summed E-state index contributed by atoms with van der Waals surface area (Å²) in [4.78, 5) is 39.3. The second-order valence-corrected chi connectivity index (χ2v) is 5.71. The number of ether oxygens (including phenoxy) is 1. The molecular weight excluding hydrogens is 326 g/mol. The van der Waals surface area contributed by atoms with Crippen molar-refractivity contribution in [3.8, 4) is 11.5 Å². The quantitative estimate of drug-likeness (QED) is 0.799. The van der Waals surface area contributed by atoms with E-state index in [1.807, 2.05) is 23.5 Å². The van der Waals surface area contributed by atoms with Crippen LogP contribution in [0.1, 0.15) is 30.1 Å². The van der Waals surface area contributed by atoms with Crippen molar-refractivity contribution in [3.63, 3.8) is 0 Å². The first-order valence-corrected chi connectivity index (χ1v) is 7.63. The molecular formula is C17H19N3O5. The summed E-state index contributed by atoms with van der Waals surface area (Å²) in [6.45, 7) is 4.91. The molecule has 3 N–H and O–H groups in total. The van der Waals surface area contributed by atoms with Crippen LogP contribution in [0.25, 0.3) is 11.5 Å². The van der Waals surface area contributed by atoms with E-state index in [1.165, 1.54) is 0 Å². The lowest BCUT2D eigenvalue weighted by Crippen LogP contribution is -2.45. The highest BCUT2D eigenvalue weighted by Crippen LogP contribution is 2.22. The highest BCUT2D eigenvalue weighted by Gasteiger charge is 2.30. The molecule has 3 amide bonds. The molecule has 8 nitrogen and oxygen atoms in total. The third-order valence-corrected chi connectivity index (χ3v) is 3.35. The van der Waals surface area contributed by atoms with Crippen LogP contribution in [0, 0.1) is 12.8 Å². The van der Waals surface area contributed by atoms with Gasteiger partial charge in [0.1, 0.15) is 5.76 Å². The Bertz CT molecular complexity index is 783. The number of esters is 1. The molecule has 1 aromatic heterocycles. The summed E-state index contributed by atoms with van der Waals surface area (Å²) in [7, 11) is 0. The van der Waals surface area contributed by atoms with Gasteiger partial charge in [0, 0.05) is 5.56 Å². The number of urea groups is 1. The summed E-state index contributed by atoms with van der Waals surface area (Å²) in [6.07, 6.45) is -1.18. The van der Waals surface area contributed by atoms with E-state index in [0.29, 0.717) is 5.56 Å². The summed E-state index contributed by atoms with van der Waals surface area (Å²) >= 11 is 0. The van der Waals surface area contributed by atoms with Crippen molar-refractivity contribution in [3.05, 3.63) is 41.8 Å². The standard InChI is InChI=1S/C17H19N3O5/c1-9(2)13(14(21)20-17(18)23)25-16(22)12-10(3)24-15(19-12)11-7-5-4-6-8-11/h4-9,13H,1-3H3,(H3,18,20,21,23)/t13-/m0/s1. The zero-order valence-corrected chi connectivity index (χ0v) is 14.1. The third kappa shape index (κ3) is 4.43. The predicted octanol–water partition coefficient (Wildman–Crippen LogP) is 2.03. The number of hydrogen-bond donors (Lipinski definition) is 2. The fraction of sp³-hybridized carbons (Fsp3) is 0.294. The second kappa shape index (κ2) is 7.61. The molecule has 0 aliphatic heterocycles. The predicted molar refractivity (Wildman–Crippen MR) is 88.4 cm³/mol. The molecule has 0 aliphatic rings. The van der Waals surface area contributed by atoms with E-state index in [2.05, 4.69) is 4.98 Å². The Morgan fingerprint density at radius 1 is 1.20 bits per heavy atom. The van der Waals surface area contributed by atoms with E-state index in [0.717, 1.165) is 0 Å². The fourth-order valence-electron chi connectivity index (χ4n) is 2.15. The molecule has 0 radical (unpaired) electrons. The second-order valence-electron chi connectivity index (χ2n) is 5.71. The van der Waals surface area contributed by atoms with E-state index in [1.54, 1.807) is 32.9 Å². The van der Waals surface area contributed by atoms with Gasteiger partial charge in [-0.25, -0.2) is 14.6 Å². The lowest BCUT2D eigenvalue weighted by molar-refractivity contribution is -0.130. The maximum absolute atomic E-state index is 12.4. The van der Waals surface area contributed by atoms with Gasteiger partial charge in [-0.05, 0) is 25.0 Å². The number of aryl methyl sites for hydroxylation is 1. The molecule has 2 aromatic rings. The van der Waals surface area contributed by atoms with Crippen LogP contribution in [0.5, 0.6) is 0 Å².